The van der Waals surface area contributed by atoms with Gasteiger partial charge in [0.05, 0.1) is 18.8 Å². The van der Waals surface area contributed by atoms with Crippen molar-refractivity contribution in [3.05, 3.63) is 36.5 Å². The van der Waals surface area contributed by atoms with Crippen LogP contribution in [0.4, 0.5) is 0 Å². The van der Waals surface area contributed by atoms with Crippen molar-refractivity contribution in [2.24, 2.45) is 0 Å². The number of carbonyl (C=O) groups is 1. The number of hydrogen-bond donors (Lipinski definition) is 5. The van der Waals surface area contributed by atoms with Crippen LogP contribution in [0.15, 0.2) is 36.5 Å². The van der Waals surface area contributed by atoms with Crippen LogP contribution in [0.1, 0.15) is 194 Å². The third-order valence-electron chi connectivity index (χ3n) is 9.31. The smallest absolute Gasteiger partial charge is 0.249 e. The molecule has 0 saturated carbocycles. The molecule has 0 aromatic heterocycles. The normalized spacial score (nSPS) is 14.7. The summed E-state index contributed by atoms with van der Waals surface area (Å²) in [6, 6.07) is -1.01. The van der Waals surface area contributed by atoms with Crippen LogP contribution in [-0.2, 0) is 4.79 Å². The lowest BCUT2D eigenvalue weighted by Gasteiger charge is -2.27. The van der Waals surface area contributed by atoms with E-state index in [0.717, 1.165) is 51.4 Å². The molecule has 0 aromatic rings. The van der Waals surface area contributed by atoms with Gasteiger partial charge in [0.2, 0.25) is 5.91 Å². The molecule has 0 radical (unpaired) electrons. The molecule has 4 unspecified atom stereocenters. The monoisotopic (exact) mass is 678 g/mol. The number of aliphatic hydroxyl groups is 4. The Hall–Kier alpha value is -1.47. The highest BCUT2D eigenvalue weighted by molar-refractivity contribution is 5.80. The minimum absolute atomic E-state index is 0.360. The summed E-state index contributed by atoms with van der Waals surface area (Å²) in [7, 11) is 0. The predicted octanol–water partition coefficient (Wildman–Crippen LogP) is 10.2. The molecule has 1 amide bonds. The van der Waals surface area contributed by atoms with Gasteiger partial charge in [-0.2, -0.15) is 0 Å². The van der Waals surface area contributed by atoms with Crippen molar-refractivity contribution in [2.45, 2.75) is 218 Å². The van der Waals surface area contributed by atoms with Gasteiger partial charge in [-0.25, -0.2) is 0 Å². The summed E-state index contributed by atoms with van der Waals surface area (Å²) in [5.74, 6) is -0.601. The quantitative estimate of drug-likeness (QED) is 0.0335. The van der Waals surface area contributed by atoms with Crippen molar-refractivity contribution in [1.29, 1.82) is 0 Å². The fourth-order valence-corrected chi connectivity index (χ4v) is 6.02. The fourth-order valence-electron chi connectivity index (χ4n) is 6.02. The molecule has 6 heteroatoms. The van der Waals surface area contributed by atoms with Crippen molar-refractivity contribution in [1.82, 2.24) is 5.32 Å². The van der Waals surface area contributed by atoms with Gasteiger partial charge in [0.25, 0.3) is 0 Å². The van der Waals surface area contributed by atoms with Crippen molar-refractivity contribution >= 4 is 5.91 Å². The van der Waals surface area contributed by atoms with Gasteiger partial charge in [-0.1, -0.05) is 166 Å². The molecule has 0 heterocycles. The van der Waals surface area contributed by atoms with Crippen LogP contribution < -0.4 is 5.32 Å². The number of rotatable bonds is 36. The largest absolute Gasteiger partial charge is 0.394 e. The number of carbonyl (C=O) groups excluding carboxylic acids is 1. The van der Waals surface area contributed by atoms with Crippen molar-refractivity contribution < 1.29 is 25.2 Å². The van der Waals surface area contributed by atoms with Crippen molar-refractivity contribution in [2.75, 3.05) is 6.61 Å². The SMILES string of the molecule is CCCCCCCC/C=C/CC/C=C/CC/C=C/CCCC(O)C(O)C(CO)NC(=O)C(O)CCCCCCCCCCCCCCC. The third kappa shape index (κ3) is 30.6. The van der Waals surface area contributed by atoms with Gasteiger partial charge in [-0.3, -0.25) is 4.79 Å². The number of aliphatic hydroxyl groups excluding tert-OH is 4. The standard InChI is InChI=1S/C42H79NO5/c1-3-5-7-9-11-13-15-17-18-19-20-21-22-24-25-27-29-31-33-35-39(45)41(47)38(37-44)43-42(48)40(46)36-34-32-30-28-26-23-16-14-12-10-8-6-4-2/h17-18,21-22,27,29,38-41,44-47H,3-16,19-20,23-26,28,30-37H2,1-2H3,(H,43,48)/b18-17+,22-21+,29-27+. The van der Waals surface area contributed by atoms with E-state index < -0.39 is 36.9 Å². The van der Waals surface area contributed by atoms with E-state index in [0.29, 0.717) is 19.3 Å². The van der Waals surface area contributed by atoms with Gasteiger partial charge in [0, 0.05) is 0 Å². The fraction of sp³-hybridized carbons (Fsp3) is 0.833. The topological polar surface area (TPSA) is 110 Å². The predicted molar refractivity (Wildman–Crippen MR) is 205 cm³/mol. The summed E-state index contributed by atoms with van der Waals surface area (Å²) < 4.78 is 0. The zero-order valence-corrected chi connectivity index (χ0v) is 31.5. The molecule has 0 fully saturated rings. The number of unbranched alkanes of at least 4 members (excludes halogenated alkanes) is 21. The maximum atomic E-state index is 12.4. The minimum atomic E-state index is -1.29. The molecule has 282 valence electrons. The summed E-state index contributed by atoms with van der Waals surface area (Å²) >= 11 is 0. The highest BCUT2D eigenvalue weighted by atomic mass is 16.3. The highest BCUT2D eigenvalue weighted by Gasteiger charge is 2.28. The molecular formula is C42H79NO5. The van der Waals surface area contributed by atoms with Gasteiger partial charge in [0.1, 0.15) is 12.2 Å². The zero-order chi connectivity index (χ0) is 35.3. The third-order valence-corrected chi connectivity index (χ3v) is 9.31. The molecule has 0 rings (SSSR count). The summed E-state index contributed by atoms with van der Waals surface area (Å²) in [6.45, 7) is 4.01. The Morgan fingerprint density at radius 1 is 0.500 bits per heavy atom. The molecule has 48 heavy (non-hydrogen) atoms. The van der Waals surface area contributed by atoms with Crippen LogP contribution in [0.3, 0.4) is 0 Å². The average molecular weight is 678 g/mol. The summed E-state index contributed by atoms with van der Waals surface area (Å²) in [6.07, 6.45) is 41.7. The maximum absolute atomic E-state index is 12.4. The van der Waals surface area contributed by atoms with E-state index in [2.05, 4.69) is 55.6 Å². The molecule has 0 aliphatic heterocycles. The van der Waals surface area contributed by atoms with Crippen LogP contribution in [-0.4, -0.2) is 57.3 Å². The molecular weight excluding hydrogens is 598 g/mol. The Kier molecular flexibility index (Phi) is 35.7. The Balaban J connectivity index is 3.87. The van der Waals surface area contributed by atoms with Gasteiger partial charge in [0.15, 0.2) is 0 Å². The Bertz CT molecular complexity index is 767. The second-order valence-corrected chi connectivity index (χ2v) is 14.0. The van der Waals surface area contributed by atoms with E-state index in [1.54, 1.807) is 0 Å². The van der Waals surface area contributed by atoms with Crippen LogP contribution in [0.2, 0.25) is 0 Å². The van der Waals surface area contributed by atoms with Gasteiger partial charge in [-0.15, -0.1) is 0 Å². The Morgan fingerprint density at radius 3 is 1.31 bits per heavy atom. The lowest BCUT2D eigenvalue weighted by atomic mass is 10.00. The lowest BCUT2D eigenvalue weighted by Crippen LogP contribution is -2.53. The first-order valence-corrected chi connectivity index (χ1v) is 20.4. The first kappa shape index (κ1) is 46.5. The molecule has 4 atom stereocenters. The van der Waals surface area contributed by atoms with E-state index in [1.165, 1.54) is 109 Å². The molecule has 0 aliphatic carbocycles. The molecule has 0 bridgehead atoms. The summed E-state index contributed by atoms with van der Waals surface area (Å²) in [5, 5.41) is 43.5. The molecule has 6 nitrogen and oxygen atoms in total. The van der Waals surface area contributed by atoms with Gasteiger partial charge in [-0.05, 0) is 64.2 Å². The van der Waals surface area contributed by atoms with E-state index in [1.807, 2.05) is 0 Å². The average Bonchev–Trinajstić information content (AvgIpc) is 3.09. The first-order chi connectivity index (χ1) is 23.5. The lowest BCUT2D eigenvalue weighted by molar-refractivity contribution is -0.132. The molecule has 0 aliphatic rings. The van der Waals surface area contributed by atoms with Gasteiger partial charge >= 0.3 is 0 Å². The number of amides is 1. The highest BCUT2D eigenvalue weighted by Crippen LogP contribution is 2.15. The van der Waals surface area contributed by atoms with E-state index in [9.17, 15) is 25.2 Å². The second kappa shape index (κ2) is 36.8. The molecule has 0 aromatic carbocycles. The van der Waals surface area contributed by atoms with Crippen LogP contribution in [0.5, 0.6) is 0 Å². The molecule has 0 spiro atoms. The Morgan fingerprint density at radius 2 is 0.875 bits per heavy atom. The van der Waals surface area contributed by atoms with E-state index in [-0.39, 0.29) is 0 Å². The first-order valence-electron chi connectivity index (χ1n) is 20.4. The van der Waals surface area contributed by atoms with E-state index >= 15 is 0 Å². The molecule has 5 N–H and O–H groups in total. The van der Waals surface area contributed by atoms with Crippen LogP contribution in [0.25, 0.3) is 0 Å². The van der Waals surface area contributed by atoms with Crippen LogP contribution >= 0.6 is 0 Å². The van der Waals surface area contributed by atoms with E-state index in [4.69, 9.17) is 0 Å². The number of hydrogen-bond acceptors (Lipinski definition) is 5. The second-order valence-electron chi connectivity index (χ2n) is 14.0. The minimum Gasteiger partial charge on any atom is -0.394 e. The zero-order valence-electron chi connectivity index (χ0n) is 31.5. The number of nitrogens with one attached hydrogen (secondary N) is 1. The van der Waals surface area contributed by atoms with Crippen LogP contribution in [0, 0.1) is 0 Å². The van der Waals surface area contributed by atoms with Gasteiger partial charge < -0.3 is 25.7 Å². The Labute approximate surface area is 297 Å². The maximum Gasteiger partial charge on any atom is 0.249 e. The number of allylic oxidation sites excluding steroid dienone is 6. The molecule has 0 saturated heterocycles. The van der Waals surface area contributed by atoms with Crippen molar-refractivity contribution in [3.63, 3.8) is 0 Å². The van der Waals surface area contributed by atoms with Crippen molar-refractivity contribution in [3.8, 4) is 0 Å². The summed E-state index contributed by atoms with van der Waals surface area (Å²) in [5.41, 5.74) is 0. The summed E-state index contributed by atoms with van der Waals surface area (Å²) in [4.78, 5) is 12.4.